The van der Waals surface area contributed by atoms with E-state index in [0.717, 1.165) is 17.5 Å². The zero-order valence-corrected chi connectivity index (χ0v) is 8.89. The van der Waals surface area contributed by atoms with Crippen LogP contribution in [0.1, 0.15) is 25.6 Å². The predicted molar refractivity (Wildman–Crippen MR) is 57.6 cm³/mol. The molecule has 1 heterocycles. The predicted octanol–water partition coefficient (Wildman–Crippen LogP) is 1.79. The van der Waals surface area contributed by atoms with Crippen LogP contribution in [0.5, 0.6) is 0 Å². The normalized spacial score (nSPS) is 17.6. The molecule has 1 aliphatic carbocycles. The minimum Gasteiger partial charge on any atom is -0.373 e. The van der Waals surface area contributed by atoms with Crippen LogP contribution in [0.2, 0.25) is 0 Å². The fourth-order valence-electron chi connectivity index (χ4n) is 1.38. The summed E-state index contributed by atoms with van der Waals surface area (Å²) in [4.78, 5) is 8.59. The van der Waals surface area contributed by atoms with Crippen molar-refractivity contribution in [3.05, 3.63) is 11.9 Å². The third kappa shape index (κ3) is 1.95. The molecule has 0 aromatic carbocycles. The lowest BCUT2D eigenvalue weighted by molar-refractivity contribution is 0.816. The molecule has 2 rings (SSSR count). The summed E-state index contributed by atoms with van der Waals surface area (Å²) in [5, 5.41) is 6.44. The Balaban J connectivity index is 2.20. The van der Waals surface area contributed by atoms with Crippen molar-refractivity contribution >= 4 is 11.6 Å². The third-order valence-corrected chi connectivity index (χ3v) is 2.52. The second kappa shape index (κ2) is 3.12. The average molecular weight is 192 g/mol. The Morgan fingerprint density at radius 2 is 1.93 bits per heavy atom. The molecule has 0 saturated heterocycles. The summed E-state index contributed by atoms with van der Waals surface area (Å²) >= 11 is 0. The summed E-state index contributed by atoms with van der Waals surface area (Å²) in [5.74, 6) is 2.58. The van der Waals surface area contributed by atoms with E-state index in [1.165, 1.54) is 12.8 Å². The lowest BCUT2D eigenvalue weighted by Crippen LogP contribution is -2.17. The number of aryl methyl sites for hydroxylation is 1. The average Bonchev–Trinajstić information content (AvgIpc) is 2.82. The van der Waals surface area contributed by atoms with Crippen molar-refractivity contribution < 1.29 is 0 Å². The van der Waals surface area contributed by atoms with Crippen LogP contribution < -0.4 is 10.6 Å². The second-order valence-corrected chi connectivity index (χ2v) is 4.12. The van der Waals surface area contributed by atoms with E-state index in [4.69, 9.17) is 0 Å². The van der Waals surface area contributed by atoms with Gasteiger partial charge in [0.25, 0.3) is 0 Å². The zero-order chi connectivity index (χ0) is 10.2. The molecule has 0 aliphatic heterocycles. The molecule has 0 unspecified atom stereocenters. The van der Waals surface area contributed by atoms with Gasteiger partial charge in [0, 0.05) is 18.7 Å². The van der Waals surface area contributed by atoms with Gasteiger partial charge in [-0.25, -0.2) is 9.97 Å². The summed E-state index contributed by atoms with van der Waals surface area (Å²) in [6.07, 6.45) is 2.45. The summed E-state index contributed by atoms with van der Waals surface area (Å²) in [6.45, 7) is 4.12. The monoisotopic (exact) mass is 192 g/mol. The minimum atomic E-state index is 0.270. The quantitative estimate of drug-likeness (QED) is 0.766. The number of rotatable bonds is 3. The van der Waals surface area contributed by atoms with Crippen molar-refractivity contribution in [2.24, 2.45) is 0 Å². The van der Waals surface area contributed by atoms with Crippen molar-refractivity contribution in [2.75, 3.05) is 17.7 Å². The lowest BCUT2D eigenvalue weighted by Gasteiger charge is -2.13. The van der Waals surface area contributed by atoms with Crippen LogP contribution in [0.15, 0.2) is 6.07 Å². The molecule has 0 amide bonds. The summed E-state index contributed by atoms with van der Waals surface area (Å²) in [6, 6.07) is 1.94. The highest BCUT2D eigenvalue weighted by Gasteiger charge is 2.37. The van der Waals surface area contributed by atoms with E-state index in [2.05, 4.69) is 27.5 Å². The highest BCUT2D eigenvalue weighted by atomic mass is 15.1. The van der Waals surface area contributed by atoms with E-state index >= 15 is 0 Å². The van der Waals surface area contributed by atoms with E-state index < -0.39 is 0 Å². The maximum Gasteiger partial charge on any atom is 0.132 e. The van der Waals surface area contributed by atoms with Gasteiger partial charge in [-0.1, -0.05) is 0 Å². The van der Waals surface area contributed by atoms with Gasteiger partial charge < -0.3 is 10.6 Å². The summed E-state index contributed by atoms with van der Waals surface area (Å²) < 4.78 is 0. The molecule has 1 saturated carbocycles. The Labute approximate surface area is 84.2 Å². The first-order valence-corrected chi connectivity index (χ1v) is 4.93. The van der Waals surface area contributed by atoms with E-state index in [-0.39, 0.29) is 5.54 Å². The molecule has 1 aromatic rings. The summed E-state index contributed by atoms with van der Waals surface area (Å²) in [5.41, 5.74) is 0.270. The second-order valence-electron chi connectivity index (χ2n) is 4.12. The van der Waals surface area contributed by atoms with Gasteiger partial charge in [0.05, 0.1) is 0 Å². The molecule has 0 bridgehead atoms. The van der Waals surface area contributed by atoms with Gasteiger partial charge in [-0.2, -0.15) is 0 Å². The highest BCUT2D eigenvalue weighted by Crippen LogP contribution is 2.37. The molecule has 0 spiro atoms. The fourth-order valence-corrected chi connectivity index (χ4v) is 1.38. The zero-order valence-electron chi connectivity index (χ0n) is 8.89. The van der Waals surface area contributed by atoms with Crippen molar-refractivity contribution in [1.82, 2.24) is 9.97 Å². The largest absolute Gasteiger partial charge is 0.373 e. The number of hydrogen-bond donors (Lipinski definition) is 2. The van der Waals surface area contributed by atoms with Crippen molar-refractivity contribution in [3.8, 4) is 0 Å². The van der Waals surface area contributed by atoms with Crippen LogP contribution in [0.25, 0.3) is 0 Å². The summed E-state index contributed by atoms with van der Waals surface area (Å²) in [7, 11) is 1.87. The Hall–Kier alpha value is -1.32. The highest BCUT2D eigenvalue weighted by molar-refractivity contribution is 5.49. The lowest BCUT2D eigenvalue weighted by atomic mass is 10.3. The van der Waals surface area contributed by atoms with Crippen LogP contribution in [0, 0.1) is 6.92 Å². The molecule has 1 fully saturated rings. The molecule has 4 heteroatoms. The molecule has 0 atom stereocenters. The van der Waals surface area contributed by atoms with Crippen LogP contribution in [0.3, 0.4) is 0 Å². The molecular weight excluding hydrogens is 176 g/mol. The first-order valence-electron chi connectivity index (χ1n) is 4.93. The van der Waals surface area contributed by atoms with E-state index in [9.17, 15) is 0 Å². The Morgan fingerprint density at radius 1 is 1.29 bits per heavy atom. The van der Waals surface area contributed by atoms with Crippen molar-refractivity contribution in [3.63, 3.8) is 0 Å². The first kappa shape index (κ1) is 9.24. The number of anilines is 2. The van der Waals surface area contributed by atoms with Gasteiger partial charge in [0.15, 0.2) is 0 Å². The van der Waals surface area contributed by atoms with Gasteiger partial charge in [0.1, 0.15) is 17.5 Å². The fraction of sp³-hybridized carbons (Fsp3) is 0.600. The Morgan fingerprint density at radius 3 is 2.50 bits per heavy atom. The maximum absolute atomic E-state index is 4.34. The minimum absolute atomic E-state index is 0.270. The van der Waals surface area contributed by atoms with Gasteiger partial charge in [0.2, 0.25) is 0 Å². The topological polar surface area (TPSA) is 49.8 Å². The van der Waals surface area contributed by atoms with Gasteiger partial charge in [-0.15, -0.1) is 0 Å². The Bertz CT molecular complexity index is 344. The third-order valence-electron chi connectivity index (χ3n) is 2.52. The molecule has 0 radical (unpaired) electrons. The number of hydrogen-bond acceptors (Lipinski definition) is 4. The van der Waals surface area contributed by atoms with Gasteiger partial charge in [-0.3, -0.25) is 0 Å². The van der Waals surface area contributed by atoms with E-state index in [0.29, 0.717) is 0 Å². The standard InChI is InChI=1S/C10H16N4/c1-7-12-8(11-3)6-9(13-7)14-10(2)4-5-10/h6H,4-5H2,1-3H3,(H2,11,12,13,14). The van der Waals surface area contributed by atoms with E-state index in [1.807, 2.05) is 20.0 Å². The van der Waals surface area contributed by atoms with Crippen LogP contribution in [0.4, 0.5) is 11.6 Å². The molecular formula is C10H16N4. The molecule has 14 heavy (non-hydrogen) atoms. The molecule has 76 valence electrons. The van der Waals surface area contributed by atoms with Crippen molar-refractivity contribution in [1.29, 1.82) is 0 Å². The first-order chi connectivity index (χ1) is 6.61. The number of nitrogens with one attached hydrogen (secondary N) is 2. The van der Waals surface area contributed by atoms with Crippen molar-refractivity contribution in [2.45, 2.75) is 32.2 Å². The number of aromatic nitrogens is 2. The van der Waals surface area contributed by atoms with Crippen LogP contribution >= 0.6 is 0 Å². The molecule has 4 nitrogen and oxygen atoms in total. The van der Waals surface area contributed by atoms with E-state index in [1.54, 1.807) is 0 Å². The number of nitrogens with zero attached hydrogens (tertiary/aromatic N) is 2. The van der Waals surface area contributed by atoms with Gasteiger partial charge >= 0.3 is 0 Å². The molecule has 1 aromatic heterocycles. The van der Waals surface area contributed by atoms with Crippen LogP contribution in [-0.2, 0) is 0 Å². The maximum atomic E-state index is 4.34. The molecule has 1 aliphatic rings. The Kier molecular flexibility index (Phi) is 2.06. The molecule has 2 N–H and O–H groups in total. The smallest absolute Gasteiger partial charge is 0.132 e. The SMILES string of the molecule is CNc1cc(NC2(C)CC2)nc(C)n1. The van der Waals surface area contributed by atoms with Crippen LogP contribution in [-0.4, -0.2) is 22.6 Å². The van der Waals surface area contributed by atoms with Gasteiger partial charge in [-0.05, 0) is 26.7 Å².